The van der Waals surface area contributed by atoms with Gasteiger partial charge in [0.25, 0.3) is 5.69 Å². The molecule has 8 heteroatoms. The first-order valence-corrected chi connectivity index (χ1v) is 7.47. The topological polar surface area (TPSA) is 80.5 Å². The summed E-state index contributed by atoms with van der Waals surface area (Å²) in [7, 11) is -2.36. The lowest BCUT2D eigenvalue weighted by Gasteiger charge is -2.16. The highest BCUT2D eigenvalue weighted by Crippen LogP contribution is 2.27. The summed E-state index contributed by atoms with van der Waals surface area (Å²) in [5, 5.41) is 10.9. The Morgan fingerprint density at radius 2 is 1.95 bits per heavy atom. The lowest BCUT2D eigenvalue weighted by Crippen LogP contribution is -2.28. The summed E-state index contributed by atoms with van der Waals surface area (Å²) in [5.41, 5.74) is 0.828. The summed E-state index contributed by atoms with van der Waals surface area (Å²) in [6.45, 7) is 3.37. The van der Waals surface area contributed by atoms with Crippen molar-refractivity contribution < 1.29 is 13.3 Å². The van der Waals surface area contributed by atoms with Crippen LogP contribution < -0.4 is 0 Å². The molecule has 0 aromatic heterocycles. The highest BCUT2D eigenvalue weighted by atomic mass is 35.5. The fourth-order valence-electron chi connectivity index (χ4n) is 1.57. The van der Waals surface area contributed by atoms with Gasteiger partial charge in [-0.1, -0.05) is 0 Å². The molecule has 0 fully saturated rings. The van der Waals surface area contributed by atoms with Gasteiger partial charge in [-0.25, -0.2) is 8.42 Å². The molecule has 1 rings (SSSR count). The van der Waals surface area contributed by atoms with Gasteiger partial charge in [0.2, 0.25) is 10.0 Å². The SMILES string of the molecule is Cc1cc(S(=O)(=O)N(C)CCCl)cc([N+](=O)[O-])c1C. The van der Waals surface area contributed by atoms with E-state index in [1.807, 2.05) is 0 Å². The second-order valence-corrected chi connectivity index (χ2v) is 6.58. The summed E-state index contributed by atoms with van der Waals surface area (Å²) in [4.78, 5) is 10.3. The average molecular weight is 307 g/mol. The van der Waals surface area contributed by atoms with Crippen molar-refractivity contribution in [3.8, 4) is 0 Å². The maximum Gasteiger partial charge on any atom is 0.273 e. The minimum atomic E-state index is -3.75. The van der Waals surface area contributed by atoms with Crippen molar-refractivity contribution in [3.05, 3.63) is 33.4 Å². The van der Waals surface area contributed by atoms with Gasteiger partial charge < -0.3 is 0 Å². The fourth-order valence-corrected chi connectivity index (χ4v) is 3.20. The highest BCUT2D eigenvalue weighted by molar-refractivity contribution is 7.89. The summed E-state index contributed by atoms with van der Waals surface area (Å²) in [6.07, 6.45) is 0. The lowest BCUT2D eigenvalue weighted by molar-refractivity contribution is -0.385. The van der Waals surface area contributed by atoms with Crippen molar-refractivity contribution in [2.75, 3.05) is 19.5 Å². The van der Waals surface area contributed by atoms with Crippen LogP contribution in [0.3, 0.4) is 0 Å². The van der Waals surface area contributed by atoms with E-state index in [-0.39, 0.29) is 23.0 Å². The Balaban J connectivity index is 3.40. The van der Waals surface area contributed by atoms with Crippen LogP contribution in [-0.4, -0.2) is 37.1 Å². The van der Waals surface area contributed by atoms with Gasteiger partial charge in [-0.05, 0) is 25.5 Å². The van der Waals surface area contributed by atoms with E-state index in [4.69, 9.17) is 11.6 Å². The molecule has 0 bridgehead atoms. The smallest absolute Gasteiger partial charge is 0.258 e. The van der Waals surface area contributed by atoms with Crippen molar-refractivity contribution in [2.45, 2.75) is 18.7 Å². The van der Waals surface area contributed by atoms with Crippen molar-refractivity contribution in [1.29, 1.82) is 0 Å². The molecule has 0 unspecified atom stereocenters. The quantitative estimate of drug-likeness (QED) is 0.474. The molecule has 1 aromatic rings. The van der Waals surface area contributed by atoms with Crippen LogP contribution in [0.25, 0.3) is 0 Å². The number of hydrogen-bond donors (Lipinski definition) is 0. The fraction of sp³-hybridized carbons (Fsp3) is 0.455. The molecular formula is C11H15ClN2O4S. The van der Waals surface area contributed by atoms with Crippen LogP contribution in [0, 0.1) is 24.0 Å². The molecule has 0 saturated heterocycles. The van der Waals surface area contributed by atoms with Crippen molar-refractivity contribution in [3.63, 3.8) is 0 Å². The molecule has 0 amide bonds. The maximum atomic E-state index is 12.2. The minimum Gasteiger partial charge on any atom is -0.258 e. The van der Waals surface area contributed by atoms with Gasteiger partial charge in [0.05, 0.1) is 9.82 Å². The van der Waals surface area contributed by atoms with E-state index in [0.717, 1.165) is 10.4 Å². The van der Waals surface area contributed by atoms with E-state index in [0.29, 0.717) is 11.1 Å². The number of halogens is 1. The van der Waals surface area contributed by atoms with Gasteiger partial charge in [0.15, 0.2) is 0 Å². The first-order chi connectivity index (χ1) is 8.71. The molecule has 0 saturated carbocycles. The molecular weight excluding hydrogens is 292 g/mol. The van der Waals surface area contributed by atoms with Crippen molar-refractivity contribution in [2.24, 2.45) is 0 Å². The van der Waals surface area contributed by atoms with Crippen LogP contribution in [0.2, 0.25) is 0 Å². The molecule has 0 N–H and O–H groups in total. The maximum absolute atomic E-state index is 12.2. The monoisotopic (exact) mass is 306 g/mol. The number of sulfonamides is 1. The molecule has 0 heterocycles. The Hall–Kier alpha value is -1.18. The number of nitro benzene ring substituents is 1. The van der Waals surface area contributed by atoms with E-state index in [1.54, 1.807) is 13.8 Å². The Morgan fingerprint density at radius 1 is 1.37 bits per heavy atom. The molecule has 0 aliphatic carbocycles. The molecule has 106 valence electrons. The zero-order chi connectivity index (χ0) is 14.8. The Labute approximate surface area is 117 Å². The zero-order valence-corrected chi connectivity index (χ0v) is 12.5. The molecule has 19 heavy (non-hydrogen) atoms. The molecule has 0 aliphatic heterocycles. The Bertz CT molecular complexity index is 601. The second kappa shape index (κ2) is 5.85. The molecule has 0 spiro atoms. The third-order valence-electron chi connectivity index (χ3n) is 2.92. The number of aryl methyl sites for hydroxylation is 1. The Morgan fingerprint density at radius 3 is 2.42 bits per heavy atom. The third kappa shape index (κ3) is 3.23. The number of nitrogens with zero attached hydrogens (tertiary/aromatic N) is 2. The first-order valence-electron chi connectivity index (χ1n) is 5.49. The van der Waals surface area contributed by atoms with Crippen LogP contribution in [-0.2, 0) is 10.0 Å². The minimum absolute atomic E-state index is 0.0880. The van der Waals surface area contributed by atoms with Crippen LogP contribution in [0.5, 0.6) is 0 Å². The molecule has 0 aliphatic rings. The van der Waals surface area contributed by atoms with Gasteiger partial charge in [0.1, 0.15) is 0 Å². The molecule has 0 atom stereocenters. The Kier molecular flexibility index (Phi) is 4.89. The van der Waals surface area contributed by atoms with Crippen LogP contribution in [0.4, 0.5) is 5.69 Å². The summed E-state index contributed by atoms with van der Waals surface area (Å²) >= 11 is 5.51. The van der Waals surface area contributed by atoms with E-state index in [1.165, 1.54) is 13.1 Å². The van der Waals surface area contributed by atoms with Gasteiger partial charge in [-0.15, -0.1) is 11.6 Å². The summed E-state index contributed by atoms with van der Waals surface area (Å²) in [6, 6.07) is 2.52. The van der Waals surface area contributed by atoms with E-state index >= 15 is 0 Å². The van der Waals surface area contributed by atoms with E-state index in [9.17, 15) is 18.5 Å². The number of rotatable bonds is 5. The summed E-state index contributed by atoms with van der Waals surface area (Å²) in [5.74, 6) is 0.155. The van der Waals surface area contributed by atoms with E-state index in [2.05, 4.69) is 0 Å². The van der Waals surface area contributed by atoms with Crippen LogP contribution >= 0.6 is 11.6 Å². The van der Waals surface area contributed by atoms with Crippen LogP contribution in [0.15, 0.2) is 17.0 Å². The highest BCUT2D eigenvalue weighted by Gasteiger charge is 2.25. The lowest BCUT2D eigenvalue weighted by atomic mass is 10.1. The standard InChI is InChI=1S/C11H15ClN2O4S/c1-8-6-10(7-11(9(8)2)14(15)16)19(17,18)13(3)5-4-12/h6-7H,4-5H2,1-3H3. The second-order valence-electron chi connectivity index (χ2n) is 4.16. The van der Waals surface area contributed by atoms with Crippen LogP contribution in [0.1, 0.15) is 11.1 Å². The largest absolute Gasteiger partial charge is 0.273 e. The van der Waals surface area contributed by atoms with Gasteiger partial charge in [-0.2, -0.15) is 4.31 Å². The number of alkyl halides is 1. The number of hydrogen-bond acceptors (Lipinski definition) is 4. The zero-order valence-electron chi connectivity index (χ0n) is 10.9. The molecule has 6 nitrogen and oxygen atoms in total. The van der Waals surface area contributed by atoms with E-state index < -0.39 is 14.9 Å². The van der Waals surface area contributed by atoms with Crippen molar-refractivity contribution >= 4 is 27.3 Å². The molecule has 0 radical (unpaired) electrons. The van der Waals surface area contributed by atoms with Gasteiger partial charge in [0, 0.05) is 31.1 Å². The predicted octanol–water partition coefficient (Wildman–Crippen LogP) is 2.07. The molecule has 1 aromatic carbocycles. The average Bonchev–Trinajstić information content (AvgIpc) is 2.32. The predicted molar refractivity (Wildman–Crippen MR) is 73.1 cm³/mol. The first kappa shape index (κ1) is 15.9. The normalized spacial score (nSPS) is 11.8. The van der Waals surface area contributed by atoms with Crippen molar-refractivity contribution in [1.82, 2.24) is 4.31 Å². The number of nitro groups is 1. The van der Waals surface area contributed by atoms with Gasteiger partial charge in [-0.3, -0.25) is 10.1 Å². The summed E-state index contributed by atoms with van der Waals surface area (Å²) < 4.78 is 25.5. The third-order valence-corrected chi connectivity index (χ3v) is 4.92. The number of benzene rings is 1. The van der Waals surface area contributed by atoms with Gasteiger partial charge >= 0.3 is 0 Å².